The molecule has 4 nitrogen and oxygen atoms in total. The van der Waals surface area contributed by atoms with Crippen LogP contribution in [0.15, 0.2) is 48.8 Å². The summed E-state index contributed by atoms with van der Waals surface area (Å²) in [5.74, 6) is 3.20. The number of rotatable bonds is 5. The summed E-state index contributed by atoms with van der Waals surface area (Å²) < 4.78 is 11.2. The number of aromatic nitrogens is 1. The van der Waals surface area contributed by atoms with Gasteiger partial charge in [-0.1, -0.05) is 0 Å². The van der Waals surface area contributed by atoms with Crippen LogP contribution in [0.25, 0.3) is 6.08 Å². The fraction of sp³-hybridized carbons (Fsp3) is 0.263. The molecule has 3 rings (SSSR count). The Morgan fingerprint density at radius 2 is 1.96 bits per heavy atom. The zero-order valence-electron chi connectivity index (χ0n) is 13.9. The van der Waals surface area contributed by atoms with Gasteiger partial charge in [0, 0.05) is 24.0 Å². The second-order valence-electron chi connectivity index (χ2n) is 5.37. The lowest BCUT2D eigenvalue weighted by atomic mass is 10.2. The van der Waals surface area contributed by atoms with Crippen LogP contribution in [0.4, 0.5) is 0 Å². The number of hydrogen-bond acceptors (Lipinski definition) is 6. The van der Waals surface area contributed by atoms with E-state index in [4.69, 9.17) is 9.47 Å². The maximum Gasteiger partial charge on any atom is 0.336 e. The molecule has 0 spiro atoms. The number of thioether (sulfide) groups is 2. The number of methoxy groups -OCH3 is 1. The monoisotopic (exact) mass is 373 g/mol. The van der Waals surface area contributed by atoms with Gasteiger partial charge < -0.3 is 9.47 Å². The van der Waals surface area contributed by atoms with Gasteiger partial charge in [-0.25, -0.2) is 4.79 Å². The molecule has 6 heteroatoms. The van der Waals surface area contributed by atoms with Crippen LogP contribution in [0.2, 0.25) is 0 Å². The normalized spacial score (nSPS) is 15.2. The van der Waals surface area contributed by atoms with Crippen molar-refractivity contribution in [3.8, 4) is 11.5 Å². The highest BCUT2D eigenvalue weighted by Gasteiger charge is 2.22. The topological polar surface area (TPSA) is 48.4 Å². The third kappa shape index (κ3) is 5.03. The molecule has 1 aliphatic heterocycles. The van der Waals surface area contributed by atoms with Crippen molar-refractivity contribution in [3.05, 3.63) is 59.9 Å². The molecule has 0 saturated carbocycles. The molecule has 2 aromatic rings. The molecule has 1 aromatic heterocycles. The minimum atomic E-state index is -0.394. The van der Waals surface area contributed by atoms with Crippen LogP contribution in [0.5, 0.6) is 11.5 Å². The lowest BCUT2D eigenvalue weighted by molar-refractivity contribution is -0.128. The predicted octanol–water partition coefficient (Wildman–Crippen LogP) is 4.58. The van der Waals surface area contributed by atoms with E-state index in [0.717, 1.165) is 28.4 Å². The highest BCUT2D eigenvalue weighted by atomic mass is 32.2. The van der Waals surface area contributed by atoms with Crippen molar-refractivity contribution >= 4 is 35.6 Å². The summed E-state index contributed by atoms with van der Waals surface area (Å²) in [6, 6.07) is 9.25. The summed E-state index contributed by atoms with van der Waals surface area (Å²) in [6.45, 7) is 0. The zero-order chi connectivity index (χ0) is 17.5. The van der Waals surface area contributed by atoms with Gasteiger partial charge in [0.05, 0.1) is 11.7 Å². The summed E-state index contributed by atoms with van der Waals surface area (Å²) in [5.41, 5.74) is 1.90. The molecule has 0 N–H and O–H groups in total. The molecule has 0 bridgehead atoms. The highest BCUT2D eigenvalue weighted by Crippen LogP contribution is 2.47. The smallest absolute Gasteiger partial charge is 0.336 e. The van der Waals surface area contributed by atoms with Crippen molar-refractivity contribution in [2.45, 2.75) is 11.0 Å². The molecule has 25 heavy (non-hydrogen) atoms. The number of hydrogen-bond donors (Lipinski definition) is 0. The Hall–Kier alpha value is -1.92. The van der Waals surface area contributed by atoms with E-state index < -0.39 is 5.97 Å². The van der Waals surface area contributed by atoms with Gasteiger partial charge in [0.1, 0.15) is 11.5 Å². The number of esters is 1. The van der Waals surface area contributed by atoms with Crippen LogP contribution >= 0.6 is 23.5 Å². The van der Waals surface area contributed by atoms with Gasteiger partial charge in [0.25, 0.3) is 0 Å². The van der Waals surface area contributed by atoms with Gasteiger partial charge in [-0.3, -0.25) is 4.98 Å². The van der Waals surface area contributed by atoms with Gasteiger partial charge in [0.15, 0.2) is 0 Å². The summed E-state index contributed by atoms with van der Waals surface area (Å²) >= 11 is 3.76. The first-order valence-electron chi connectivity index (χ1n) is 7.97. The van der Waals surface area contributed by atoms with E-state index in [1.165, 1.54) is 12.5 Å². The molecular weight excluding hydrogens is 354 g/mol. The van der Waals surface area contributed by atoms with Crippen molar-refractivity contribution in [1.82, 2.24) is 4.98 Å². The molecule has 130 valence electrons. The molecule has 0 unspecified atom stereocenters. The first-order chi connectivity index (χ1) is 12.3. The summed E-state index contributed by atoms with van der Waals surface area (Å²) in [6.07, 6.45) is 7.73. The maximum atomic E-state index is 12.2. The van der Waals surface area contributed by atoms with Crippen LogP contribution in [0.3, 0.4) is 0 Å². The predicted molar refractivity (Wildman–Crippen MR) is 104 cm³/mol. The second-order valence-corrected chi connectivity index (χ2v) is 8.09. The van der Waals surface area contributed by atoms with Crippen molar-refractivity contribution in [1.29, 1.82) is 0 Å². The molecule has 1 saturated heterocycles. The average molecular weight is 373 g/mol. The Labute approximate surface area is 156 Å². The number of benzene rings is 1. The first-order valence-corrected chi connectivity index (χ1v) is 10.1. The van der Waals surface area contributed by atoms with Crippen LogP contribution in [0, 0.1) is 0 Å². The van der Waals surface area contributed by atoms with E-state index in [1.54, 1.807) is 25.6 Å². The molecule has 1 aliphatic rings. The zero-order valence-corrected chi connectivity index (χ0v) is 15.5. The number of pyridine rings is 1. The van der Waals surface area contributed by atoms with Gasteiger partial charge in [-0.05, 0) is 59.9 Å². The average Bonchev–Trinajstić information content (AvgIpc) is 2.68. The van der Waals surface area contributed by atoms with Gasteiger partial charge in [-0.2, -0.15) is 0 Å². The molecule has 0 atom stereocenters. The molecule has 0 radical (unpaired) electrons. The van der Waals surface area contributed by atoms with Crippen LogP contribution in [-0.4, -0.2) is 29.6 Å². The fourth-order valence-corrected chi connectivity index (χ4v) is 5.30. The Morgan fingerprint density at radius 1 is 1.20 bits per heavy atom. The van der Waals surface area contributed by atoms with Gasteiger partial charge >= 0.3 is 5.97 Å². The lowest BCUT2D eigenvalue weighted by Crippen LogP contribution is -2.08. The number of carbonyl (C=O) groups is 1. The molecule has 0 amide bonds. The molecule has 0 aliphatic carbocycles. The van der Waals surface area contributed by atoms with E-state index in [2.05, 4.69) is 4.98 Å². The maximum absolute atomic E-state index is 12.2. The number of carbonyl (C=O) groups excluding carboxylic acids is 1. The first kappa shape index (κ1) is 17.9. The molecule has 2 heterocycles. The Kier molecular flexibility index (Phi) is 6.42. The second kappa shape index (κ2) is 8.97. The highest BCUT2D eigenvalue weighted by molar-refractivity contribution is 8.16. The van der Waals surface area contributed by atoms with Crippen LogP contribution in [-0.2, 0) is 4.79 Å². The standard InChI is InChI=1S/C19H19NO3S2/c1-22-15-4-5-17(16(13-15)19-24-11-2-12-25-19)23-18(21)6-3-14-7-9-20-10-8-14/h3-10,13,19H,2,11-12H2,1H3/b6-3-. The number of ether oxygens (including phenoxy) is 2. The Bertz CT molecular complexity index is 744. The number of nitrogens with zero attached hydrogens (tertiary/aromatic N) is 1. The lowest BCUT2D eigenvalue weighted by Gasteiger charge is -2.23. The minimum absolute atomic E-state index is 0.260. The van der Waals surface area contributed by atoms with E-state index in [9.17, 15) is 4.79 Å². The quantitative estimate of drug-likeness (QED) is 0.434. The third-order valence-electron chi connectivity index (χ3n) is 3.63. The van der Waals surface area contributed by atoms with E-state index in [-0.39, 0.29) is 4.58 Å². The molecular formula is C19H19NO3S2. The van der Waals surface area contributed by atoms with Crippen molar-refractivity contribution in [2.24, 2.45) is 0 Å². The van der Waals surface area contributed by atoms with Crippen LogP contribution in [0.1, 0.15) is 22.1 Å². The molecule has 1 aromatic carbocycles. The van der Waals surface area contributed by atoms with Gasteiger partial charge in [-0.15, -0.1) is 23.5 Å². The SMILES string of the molecule is COc1ccc(OC(=O)/C=C\c2ccncc2)c(C2SCCCS2)c1. The van der Waals surface area contributed by atoms with Crippen molar-refractivity contribution in [3.63, 3.8) is 0 Å². The van der Waals surface area contributed by atoms with E-state index >= 15 is 0 Å². The fourth-order valence-electron chi connectivity index (χ4n) is 2.38. The van der Waals surface area contributed by atoms with Crippen molar-refractivity contribution in [2.75, 3.05) is 18.6 Å². The van der Waals surface area contributed by atoms with Crippen LogP contribution < -0.4 is 9.47 Å². The summed E-state index contributed by atoms with van der Waals surface area (Å²) in [7, 11) is 1.64. The van der Waals surface area contributed by atoms with E-state index in [1.807, 2.05) is 53.9 Å². The molecule has 1 fully saturated rings. The Morgan fingerprint density at radius 3 is 2.68 bits per heavy atom. The van der Waals surface area contributed by atoms with Gasteiger partial charge in [0.2, 0.25) is 0 Å². The van der Waals surface area contributed by atoms with E-state index in [0.29, 0.717) is 5.75 Å². The Balaban J connectivity index is 1.76. The van der Waals surface area contributed by atoms with Crippen molar-refractivity contribution < 1.29 is 14.3 Å². The minimum Gasteiger partial charge on any atom is -0.497 e. The summed E-state index contributed by atoms with van der Waals surface area (Å²) in [4.78, 5) is 16.2. The third-order valence-corrected chi connectivity index (χ3v) is 6.61. The largest absolute Gasteiger partial charge is 0.497 e. The summed E-state index contributed by atoms with van der Waals surface area (Å²) in [5, 5.41) is 0.